The number of hydrogen-bond acceptors (Lipinski definition) is 5. The van der Waals surface area contributed by atoms with Crippen molar-refractivity contribution in [2.75, 3.05) is 0 Å². The normalized spacial score (nSPS) is 15.4. The Bertz CT molecular complexity index is 918. The average Bonchev–Trinajstić information content (AvgIpc) is 2.96. The number of allylic oxidation sites excluding steroid dienone is 1. The number of phenols is 2. The van der Waals surface area contributed by atoms with E-state index in [0.717, 1.165) is 0 Å². The van der Waals surface area contributed by atoms with Crippen LogP contribution in [-0.2, 0) is 15.1 Å². The first-order valence-corrected chi connectivity index (χ1v) is 9.89. The Balaban J connectivity index is 0.000000707. The number of ether oxygens (including phenoxy) is 2. The van der Waals surface area contributed by atoms with Crippen LogP contribution >= 0.6 is 0 Å². The minimum absolute atomic E-state index is 0.0371. The Morgan fingerprint density at radius 3 is 1.83 bits per heavy atom. The number of benzene rings is 2. The topological polar surface area (TPSA) is 76.0 Å². The molecule has 0 atom stereocenters. The number of esters is 1. The van der Waals surface area contributed by atoms with Gasteiger partial charge in [0.05, 0.1) is 0 Å². The molecule has 0 aromatic heterocycles. The summed E-state index contributed by atoms with van der Waals surface area (Å²) >= 11 is 0. The lowest BCUT2D eigenvalue weighted by atomic mass is 9.77. The molecule has 0 bridgehead atoms. The summed E-state index contributed by atoms with van der Waals surface area (Å²) in [7, 11) is 0. The number of carbonyl (C=O) groups excluding carboxylic acids is 1. The second-order valence-electron chi connectivity index (χ2n) is 6.07. The maximum atomic E-state index is 12.4. The molecular formula is C24H28O5. The zero-order valence-electron chi connectivity index (χ0n) is 17.7. The first-order valence-electron chi connectivity index (χ1n) is 9.89. The van der Waals surface area contributed by atoms with Gasteiger partial charge >= 0.3 is 5.97 Å². The zero-order chi connectivity index (χ0) is 21.8. The molecule has 2 aromatic carbocycles. The summed E-state index contributed by atoms with van der Waals surface area (Å²) in [6.45, 7) is 11.6. The van der Waals surface area contributed by atoms with E-state index >= 15 is 0 Å². The van der Waals surface area contributed by atoms with Gasteiger partial charge in [0.2, 0.25) is 0 Å². The molecular weight excluding hydrogens is 368 g/mol. The van der Waals surface area contributed by atoms with Gasteiger partial charge in [-0.3, -0.25) is 0 Å². The van der Waals surface area contributed by atoms with Gasteiger partial charge in [0.15, 0.2) is 5.60 Å². The van der Waals surface area contributed by atoms with Crippen LogP contribution in [0.3, 0.4) is 0 Å². The Hall–Kier alpha value is -3.21. The van der Waals surface area contributed by atoms with Gasteiger partial charge in [0.25, 0.3) is 0 Å². The zero-order valence-corrected chi connectivity index (χ0v) is 17.7. The molecule has 0 aliphatic carbocycles. The highest BCUT2D eigenvalue weighted by Gasteiger charge is 2.53. The van der Waals surface area contributed by atoms with E-state index in [1.165, 1.54) is 24.3 Å². The predicted octanol–water partition coefficient (Wildman–Crippen LogP) is 5.95. The van der Waals surface area contributed by atoms with Gasteiger partial charge < -0.3 is 19.7 Å². The van der Waals surface area contributed by atoms with Crippen molar-refractivity contribution in [3.8, 4) is 23.0 Å². The highest BCUT2D eigenvalue weighted by atomic mass is 16.6. The second kappa shape index (κ2) is 8.86. The molecule has 0 unspecified atom stereocenters. The average molecular weight is 396 g/mol. The molecule has 2 aliphatic heterocycles. The highest BCUT2D eigenvalue weighted by molar-refractivity contribution is 5.95. The molecule has 0 radical (unpaired) electrons. The van der Waals surface area contributed by atoms with Crippen LogP contribution in [0, 0.1) is 0 Å². The van der Waals surface area contributed by atoms with Crippen LogP contribution in [0.5, 0.6) is 23.0 Å². The van der Waals surface area contributed by atoms with Gasteiger partial charge in [-0.1, -0.05) is 39.8 Å². The second-order valence-corrected chi connectivity index (χ2v) is 6.07. The van der Waals surface area contributed by atoms with Gasteiger partial charge in [-0.25, -0.2) is 4.79 Å². The minimum atomic E-state index is -1.17. The van der Waals surface area contributed by atoms with Crippen LogP contribution in [0.4, 0.5) is 0 Å². The van der Waals surface area contributed by atoms with Crippen molar-refractivity contribution >= 4 is 5.97 Å². The van der Waals surface area contributed by atoms with Gasteiger partial charge in [0, 0.05) is 34.4 Å². The third kappa shape index (κ3) is 3.48. The van der Waals surface area contributed by atoms with Crippen LogP contribution in [-0.4, -0.2) is 16.2 Å². The number of carbonyl (C=O) groups is 1. The minimum Gasteiger partial charge on any atom is -0.508 e. The van der Waals surface area contributed by atoms with Crippen molar-refractivity contribution in [1.29, 1.82) is 0 Å². The molecule has 4 rings (SSSR count). The lowest BCUT2D eigenvalue weighted by Crippen LogP contribution is -2.33. The molecule has 5 nitrogen and oxygen atoms in total. The van der Waals surface area contributed by atoms with E-state index in [2.05, 4.69) is 0 Å². The Labute approximate surface area is 171 Å². The summed E-state index contributed by atoms with van der Waals surface area (Å²) in [6.07, 6.45) is 3.69. The SMILES string of the molecule is C/C=C\C1=C(C)C(=O)OC12c1ccc(O)cc1Oc1cc(O)ccc12.CC.CC. The largest absolute Gasteiger partial charge is 0.508 e. The quantitative estimate of drug-likeness (QED) is 0.583. The molecule has 2 heterocycles. The van der Waals surface area contributed by atoms with Crippen molar-refractivity contribution < 1.29 is 24.5 Å². The molecule has 5 heteroatoms. The number of fused-ring (bicyclic) bond motifs is 4. The number of aromatic hydroxyl groups is 2. The summed E-state index contributed by atoms with van der Waals surface area (Å²) < 4.78 is 11.8. The number of hydrogen-bond donors (Lipinski definition) is 2. The molecule has 0 saturated heterocycles. The lowest BCUT2D eigenvalue weighted by molar-refractivity contribution is -0.145. The summed E-state index contributed by atoms with van der Waals surface area (Å²) in [5.41, 5.74) is 1.31. The predicted molar refractivity (Wildman–Crippen MR) is 113 cm³/mol. The van der Waals surface area contributed by atoms with Gasteiger partial charge in [0.1, 0.15) is 23.0 Å². The first-order chi connectivity index (χ1) is 14.0. The Kier molecular flexibility index (Phi) is 6.75. The summed E-state index contributed by atoms with van der Waals surface area (Å²) in [5.74, 6) is 0.420. The van der Waals surface area contributed by atoms with Crippen molar-refractivity contribution in [2.24, 2.45) is 0 Å². The summed E-state index contributed by atoms with van der Waals surface area (Å²) in [4.78, 5) is 12.4. The fraction of sp³-hybridized carbons (Fsp3) is 0.292. The number of phenolic OH excluding ortho intramolecular Hbond substituents is 2. The molecule has 2 aliphatic rings. The molecule has 0 amide bonds. The van der Waals surface area contributed by atoms with Crippen LogP contribution in [0.1, 0.15) is 52.7 Å². The fourth-order valence-electron chi connectivity index (χ4n) is 3.49. The third-order valence-corrected chi connectivity index (χ3v) is 4.58. The third-order valence-electron chi connectivity index (χ3n) is 4.58. The standard InChI is InChI=1S/C20H16O5.2C2H6/c1-3-4-14-11(2)19(23)25-20(14)15-7-5-12(21)9-17(15)24-18-10-13(22)6-8-16(18)20;2*1-2/h3-10,21-22H,1-2H3;2*1-2H3/b4-3-;;. The summed E-state index contributed by atoms with van der Waals surface area (Å²) in [6, 6.07) is 9.39. The van der Waals surface area contributed by atoms with Crippen LogP contribution < -0.4 is 4.74 Å². The van der Waals surface area contributed by atoms with E-state index in [9.17, 15) is 15.0 Å². The van der Waals surface area contributed by atoms with E-state index in [1.807, 2.05) is 46.8 Å². The monoisotopic (exact) mass is 396 g/mol. The van der Waals surface area contributed by atoms with Gasteiger partial charge in [-0.2, -0.15) is 0 Å². The van der Waals surface area contributed by atoms with E-state index in [-0.39, 0.29) is 11.5 Å². The molecule has 154 valence electrons. The first kappa shape index (κ1) is 22.1. The maximum Gasteiger partial charge on any atom is 0.335 e. The smallest absolute Gasteiger partial charge is 0.335 e. The Morgan fingerprint density at radius 1 is 0.897 bits per heavy atom. The molecule has 2 aromatic rings. The highest BCUT2D eigenvalue weighted by Crippen LogP contribution is 2.57. The van der Waals surface area contributed by atoms with Gasteiger partial charge in [-0.05, 0) is 38.1 Å². The van der Waals surface area contributed by atoms with E-state index in [1.54, 1.807) is 19.1 Å². The van der Waals surface area contributed by atoms with E-state index < -0.39 is 11.6 Å². The van der Waals surface area contributed by atoms with Crippen molar-refractivity contribution in [2.45, 2.75) is 47.1 Å². The molecule has 0 fully saturated rings. The maximum absolute atomic E-state index is 12.4. The Morgan fingerprint density at radius 2 is 1.38 bits per heavy atom. The van der Waals surface area contributed by atoms with E-state index in [4.69, 9.17) is 9.47 Å². The molecule has 1 spiro atoms. The van der Waals surface area contributed by atoms with Crippen LogP contribution in [0.15, 0.2) is 59.7 Å². The van der Waals surface area contributed by atoms with Crippen LogP contribution in [0.2, 0.25) is 0 Å². The van der Waals surface area contributed by atoms with Crippen molar-refractivity contribution in [3.63, 3.8) is 0 Å². The van der Waals surface area contributed by atoms with Crippen molar-refractivity contribution in [1.82, 2.24) is 0 Å². The van der Waals surface area contributed by atoms with Gasteiger partial charge in [-0.15, -0.1) is 0 Å². The lowest BCUT2D eigenvalue weighted by Gasteiger charge is -2.37. The van der Waals surface area contributed by atoms with E-state index in [0.29, 0.717) is 33.8 Å². The fourth-order valence-corrected chi connectivity index (χ4v) is 3.49. The van der Waals surface area contributed by atoms with Crippen molar-refractivity contribution in [3.05, 3.63) is 70.8 Å². The van der Waals surface area contributed by atoms with Crippen LogP contribution in [0.25, 0.3) is 0 Å². The number of rotatable bonds is 1. The molecule has 29 heavy (non-hydrogen) atoms. The molecule has 0 saturated carbocycles. The summed E-state index contributed by atoms with van der Waals surface area (Å²) in [5, 5.41) is 19.7. The molecule has 2 N–H and O–H groups in total.